The lowest BCUT2D eigenvalue weighted by Crippen LogP contribution is -2.53. The Morgan fingerprint density at radius 2 is 1.67 bits per heavy atom. The first-order valence-electron chi connectivity index (χ1n) is 6.68. The summed E-state index contributed by atoms with van der Waals surface area (Å²) in [6.45, 7) is 2.33. The first kappa shape index (κ1) is 11.4. The van der Waals surface area contributed by atoms with Crippen LogP contribution >= 0.6 is 0 Å². The Morgan fingerprint density at radius 1 is 1.07 bits per heavy atom. The molecule has 0 saturated heterocycles. The highest BCUT2D eigenvalue weighted by Crippen LogP contribution is 2.33. The molecule has 2 heteroatoms. The zero-order valence-corrected chi connectivity index (χ0v) is 10.3. The van der Waals surface area contributed by atoms with E-state index in [9.17, 15) is 0 Å². The highest BCUT2D eigenvalue weighted by molar-refractivity contribution is 4.92. The second-order valence-electron chi connectivity index (χ2n) is 5.63. The summed E-state index contributed by atoms with van der Waals surface area (Å²) < 4.78 is 0. The lowest BCUT2D eigenvalue weighted by molar-refractivity contribution is 0.0661. The molecule has 2 N–H and O–H groups in total. The molecule has 0 aromatic heterocycles. The minimum Gasteiger partial charge on any atom is -0.328 e. The van der Waals surface area contributed by atoms with Crippen molar-refractivity contribution in [1.29, 1.82) is 0 Å². The van der Waals surface area contributed by atoms with Gasteiger partial charge in [0.1, 0.15) is 0 Å². The fourth-order valence-electron chi connectivity index (χ4n) is 3.22. The third kappa shape index (κ3) is 2.54. The van der Waals surface area contributed by atoms with Crippen LogP contribution in [0.1, 0.15) is 51.9 Å². The van der Waals surface area contributed by atoms with E-state index in [0.717, 1.165) is 18.0 Å². The van der Waals surface area contributed by atoms with Crippen molar-refractivity contribution in [3.8, 4) is 0 Å². The molecular weight excluding hydrogens is 184 g/mol. The second-order valence-corrected chi connectivity index (χ2v) is 5.63. The summed E-state index contributed by atoms with van der Waals surface area (Å²) in [5.41, 5.74) is 5.85. The molecule has 0 heterocycles. The number of nitrogens with zero attached hydrogens (tertiary/aromatic N) is 1. The second kappa shape index (κ2) is 4.84. The topological polar surface area (TPSA) is 29.3 Å². The summed E-state index contributed by atoms with van der Waals surface area (Å²) in [6.07, 6.45) is 9.56. The molecule has 0 atom stereocenters. The van der Waals surface area contributed by atoms with Crippen molar-refractivity contribution in [2.75, 3.05) is 7.05 Å². The molecule has 2 rings (SSSR count). The maximum atomic E-state index is 5.85. The van der Waals surface area contributed by atoms with Crippen molar-refractivity contribution in [2.24, 2.45) is 11.7 Å². The highest BCUT2D eigenvalue weighted by atomic mass is 15.2. The van der Waals surface area contributed by atoms with Crippen molar-refractivity contribution < 1.29 is 0 Å². The predicted molar refractivity (Wildman–Crippen MR) is 64.8 cm³/mol. The summed E-state index contributed by atoms with van der Waals surface area (Å²) in [4.78, 5) is 2.62. The van der Waals surface area contributed by atoms with Crippen molar-refractivity contribution in [1.82, 2.24) is 4.90 Å². The Bertz CT molecular complexity index is 191. The predicted octanol–water partition coefficient (Wildman–Crippen LogP) is 2.38. The van der Waals surface area contributed by atoms with Crippen LogP contribution in [0, 0.1) is 5.92 Å². The van der Waals surface area contributed by atoms with Crippen LogP contribution in [0.4, 0.5) is 0 Å². The molecule has 88 valence electrons. The van der Waals surface area contributed by atoms with E-state index in [-0.39, 0.29) is 0 Å². The summed E-state index contributed by atoms with van der Waals surface area (Å²) >= 11 is 0. The van der Waals surface area contributed by atoms with Crippen LogP contribution in [0.5, 0.6) is 0 Å². The van der Waals surface area contributed by atoms with E-state index in [1.54, 1.807) is 0 Å². The first-order chi connectivity index (χ1) is 7.20. The fraction of sp³-hybridized carbons (Fsp3) is 1.00. The largest absolute Gasteiger partial charge is 0.328 e. The van der Waals surface area contributed by atoms with Gasteiger partial charge in [-0.05, 0) is 51.5 Å². The van der Waals surface area contributed by atoms with Crippen LogP contribution in [0.25, 0.3) is 0 Å². The Labute approximate surface area is 94.2 Å². The fourth-order valence-corrected chi connectivity index (χ4v) is 3.22. The molecule has 0 aromatic carbocycles. The van der Waals surface area contributed by atoms with Crippen molar-refractivity contribution in [3.05, 3.63) is 0 Å². The van der Waals surface area contributed by atoms with Gasteiger partial charge in [0.15, 0.2) is 0 Å². The lowest BCUT2D eigenvalue weighted by Gasteiger charge is -2.45. The van der Waals surface area contributed by atoms with E-state index in [1.807, 2.05) is 0 Å². The van der Waals surface area contributed by atoms with Gasteiger partial charge in [-0.3, -0.25) is 0 Å². The Kier molecular flexibility index (Phi) is 3.68. The summed E-state index contributed by atoms with van der Waals surface area (Å²) in [5.74, 6) is 1.01. The standard InChI is InChI=1S/C13H26N2/c1-3-10-4-6-12(7-5-10)15(2)13-8-11(14)9-13/h10-13H,3-9,14H2,1-2H3. The molecule has 2 nitrogen and oxygen atoms in total. The van der Waals surface area contributed by atoms with Crippen LogP contribution in [-0.2, 0) is 0 Å². The molecule has 0 aromatic rings. The van der Waals surface area contributed by atoms with Crippen LogP contribution in [0.2, 0.25) is 0 Å². The van der Waals surface area contributed by atoms with E-state index < -0.39 is 0 Å². The first-order valence-corrected chi connectivity index (χ1v) is 6.68. The van der Waals surface area contributed by atoms with Crippen LogP contribution < -0.4 is 5.73 Å². The molecule has 0 radical (unpaired) electrons. The third-order valence-electron chi connectivity index (χ3n) is 4.70. The third-order valence-corrected chi connectivity index (χ3v) is 4.70. The maximum absolute atomic E-state index is 5.85. The van der Waals surface area contributed by atoms with Crippen molar-refractivity contribution in [3.63, 3.8) is 0 Å². The maximum Gasteiger partial charge on any atom is 0.0125 e. The number of hydrogen-bond acceptors (Lipinski definition) is 2. The Balaban J connectivity index is 1.75. The van der Waals surface area contributed by atoms with Gasteiger partial charge in [-0.2, -0.15) is 0 Å². The summed E-state index contributed by atoms with van der Waals surface area (Å²) in [5, 5.41) is 0. The van der Waals surface area contributed by atoms with Gasteiger partial charge >= 0.3 is 0 Å². The average molecular weight is 210 g/mol. The molecule has 2 aliphatic rings. The lowest BCUT2D eigenvalue weighted by atomic mass is 9.80. The molecule has 15 heavy (non-hydrogen) atoms. The molecule has 0 spiro atoms. The zero-order valence-electron chi connectivity index (χ0n) is 10.3. The quantitative estimate of drug-likeness (QED) is 0.775. The average Bonchev–Trinajstić information content (AvgIpc) is 2.24. The van der Waals surface area contributed by atoms with E-state index in [1.165, 1.54) is 44.9 Å². The zero-order chi connectivity index (χ0) is 10.8. The van der Waals surface area contributed by atoms with Gasteiger partial charge in [-0.15, -0.1) is 0 Å². The van der Waals surface area contributed by atoms with Crippen molar-refractivity contribution in [2.45, 2.75) is 70.0 Å². The summed E-state index contributed by atoms with van der Waals surface area (Å²) in [6, 6.07) is 2.14. The van der Waals surface area contributed by atoms with E-state index in [0.29, 0.717) is 6.04 Å². The normalized spacial score (nSPS) is 41.6. The number of hydrogen-bond donors (Lipinski definition) is 1. The van der Waals surface area contributed by atoms with Gasteiger partial charge in [0.2, 0.25) is 0 Å². The summed E-state index contributed by atoms with van der Waals surface area (Å²) in [7, 11) is 2.31. The van der Waals surface area contributed by atoms with Gasteiger partial charge in [0.25, 0.3) is 0 Å². The van der Waals surface area contributed by atoms with Gasteiger partial charge in [-0.1, -0.05) is 13.3 Å². The number of nitrogens with two attached hydrogens (primary N) is 1. The van der Waals surface area contributed by atoms with E-state index in [4.69, 9.17) is 5.73 Å². The number of rotatable bonds is 3. The molecule has 0 bridgehead atoms. The highest BCUT2D eigenvalue weighted by Gasteiger charge is 2.33. The minimum atomic E-state index is 0.490. The Morgan fingerprint density at radius 3 is 2.13 bits per heavy atom. The van der Waals surface area contributed by atoms with Crippen LogP contribution in [0.3, 0.4) is 0 Å². The van der Waals surface area contributed by atoms with Crippen molar-refractivity contribution >= 4 is 0 Å². The Hall–Kier alpha value is -0.0800. The molecule has 2 aliphatic carbocycles. The monoisotopic (exact) mass is 210 g/mol. The van der Waals surface area contributed by atoms with Crippen LogP contribution in [0.15, 0.2) is 0 Å². The molecule has 2 saturated carbocycles. The van der Waals surface area contributed by atoms with E-state index >= 15 is 0 Å². The molecule has 0 amide bonds. The molecule has 0 aliphatic heterocycles. The van der Waals surface area contributed by atoms with Gasteiger partial charge < -0.3 is 10.6 Å². The van der Waals surface area contributed by atoms with Gasteiger partial charge in [-0.25, -0.2) is 0 Å². The van der Waals surface area contributed by atoms with Crippen LogP contribution in [-0.4, -0.2) is 30.1 Å². The van der Waals surface area contributed by atoms with Gasteiger partial charge in [0, 0.05) is 18.1 Å². The smallest absolute Gasteiger partial charge is 0.0125 e. The molecule has 0 unspecified atom stereocenters. The molecule has 2 fully saturated rings. The SMILES string of the molecule is CCC1CCC(N(C)C2CC(N)C2)CC1. The van der Waals surface area contributed by atoms with E-state index in [2.05, 4.69) is 18.9 Å². The van der Waals surface area contributed by atoms with Gasteiger partial charge in [0.05, 0.1) is 0 Å². The minimum absolute atomic E-state index is 0.490. The molecular formula is C13H26N2.